The lowest BCUT2D eigenvalue weighted by atomic mass is 10.3. The Labute approximate surface area is 93.4 Å². The number of ether oxygens (including phenoxy) is 2. The molecule has 2 rings (SSSR count). The van der Waals surface area contributed by atoms with Crippen LogP contribution in [0.1, 0.15) is 11.9 Å². The van der Waals surface area contributed by atoms with E-state index in [4.69, 9.17) is 9.47 Å². The molecule has 0 bridgehead atoms. The van der Waals surface area contributed by atoms with E-state index in [1.54, 1.807) is 6.92 Å². The molecule has 5 nitrogen and oxygen atoms in total. The fourth-order valence-corrected chi connectivity index (χ4v) is 3.11. The molecule has 1 fully saturated rings. The Balaban J connectivity index is 2.27. The van der Waals surface area contributed by atoms with Gasteiger partial charge in [0, 0.05) is 6.26 Å². The van der Waals surface area contributed by atoms with Crippen molar-refractivity contribution in [1.82, 2.24) is 4.98 Å². The lowest BCUT2D eigenvalue weighted by Gasteiger charge is -2.24. The van der Waals surface area contributed by atoms with Crippen molar-refractivity contribution >= 4 is 21.9 Å². The monoisotopic (exact) mass is 251 g/mol. The van der Waals surface area contributed by atoms with Crippen LogP contribution >= 0.6 is 21.9 Å². The van der Waals surface area contributed by atoms with Gasteiger partial charge in [-0.05, 0) is 6.92 Å². The fourth-order valence-electron chi connectivity index (χ4n) is 1.29. The Morgan fingerprint density at radius 3 is 2.53 bits per heavy atom. The molecule has 1 aromatic rings. The summed E-state index contributed by atoms with van der Waals surface area (Å²) in [5, 5.41) is 0.622. The van der Waals surface area contributed by atoms with Gasteiger partial charge in [0.05, 0.1) is 19.4 Å². The van der Waals surface area contributed by atoms with Crippen molar-refractivity contribution in [1.29, 1.82) is 0 Å². The predicted octanol–water partition coefficient (Wildman–Crippen LogP) is 2.10. The highest BCUT2D eigenvalue weighted by atomic mass is 32.3. The molecule has 15 heavy (non-hydrogen) atoms. The first kappa shape index (κ1) is 11.3. The Hall–Kier alpha value is -0.180. The van der Waals surface area contributed by atoms with E-state index in [0.29, 0.717) is 22.4 Å². The van der Waals surface area contributed by atoms with Crippen LogP contribution in [0.25, 0.3) is 0 Å². The van der Waals surface area contributed by atoms with Crippen molar-refractivity contribution < 1.29 is 18.6 Å². The average Bonchev–Trinajstić information content (AvgIpc) is 2.69. The predicted molar refractivity (Wildman–Crippen MR) is 58.4 cm³/mol. The summed E-state index contributed by atoms with van der Waals surface area (Å²) >= 11 is 1.21. The zero-order valence-corrected chi connectivity index (χ0v) is 10.1. The van der Waals surface area contributed by atoms with Crippen LogP contribution in [-0.4, -0.2) is 33.6 Å². The molecular weight excluding hydrogens is 238 g/mol. The van der Waals surface area contributed by atoms with E-state index in [2.05, 4.69) is 4.98 Å². The highest BCUT2D eigenvalue weighted by Crippen LogP contribution is 2.49. The molecule has 2 N–H and O–H groups in total. The maximum Gasteiger partial charge on any atom is 0.219 e. The van der Waals surface area contributed by atoms with Crippen molar-refractivity contribution in [3.8, 4) is 0 Å². The third-order valence-corrected chi connectivity index (χ3v) is 5.13. The van der Waals surface area contributed by atoms with Crippen LogP contribution in [0.2, 0.25) is 0 Å². The van der Waals surface area contributed by atoms with Crippen LogP contribution in [-0.2, 0) is 15.3 Å². The quantitative estimate of drug-likeness (QED) is 0.842. The Morgan fingerprint density at radius 1 is 1.47 bits per heavy atom. The SMILES string of the molecule is CC1(c2ncc(S(C)(O)O)s2)OCCO1. The molecule has 86 valence electrons. The first-order chi connectivity index (χ1) is 6.92. The maximum absolute atomic E-state index is 9.46. The van der Waals surface area contributed by atoms with Gasteiger partial charge in [0.2, 0.25) is 5.79 Å². The number of hydrogen-bond acceptors (Lipinski definition) is 6. The van der Waals surface area contributed by atoms with E-state index in [0.717, 1.165) is 0 Å². The van der Waals surface area contributed by atoms with Gasteiger partial charge >= 0.3 is 0 Å². The smallest absolute Gasteiger partial charge is 0.219 e. The Bertz CT molecular complexity index is 354. The van der Waals surface area contributed by atoms with E-state index in [-0.39, 0.29) is 0 Å². The second-order valence-electron chi connectivity index (χ2n) is 3.46. The van der Waals surface area contributed by atoms with E-state index >= 15 is 0 Å². The zero-order valence-electron chi connectivity index (χ0n) is 8.47. The molecule has 1 aromatic heterocycles. The molecule has 0 atom stereocenters. The normalized spacial score (nSPS) is 21.9. The fraction of sp³-hybridized carbons (Fsp3) is 0.625. The highest BCUT2D eigenvalue weighted by molar-refractivity contribution is 8.25. The molecule has 0 spiro atoms. The summed E-state index contributed by atoms with van der Waals surface area (Å²) in [7, 11) is -2.69. The lowest BCUT2D eigenvalue weighted by molar-refractivity contribution is -0.149. The minimum absolute atomic E-state index is 0.456. The Morgan fingerprint density at radius 2 is 2.07 bits per heavy atom. The summed E-state index contributed by atoms with van der Waals surface area (Å²) in [4.78, 5) is 4.11. The second kappa shape index (κ2) is 3.69. The number of thiazole rings is 1. The third-order valence-electron chi connectivity index (χ3n) is 2.09. The molecular formula is C8H13NO4S2. The van der Waals surface area contributed by atoms with Crippen molar-refractivity contribution in [2.24, 2.45) is 0 Å². The van der Waals surface area contributed by atoms with Gasteiger partial charge < -0.3 is 9.47 Å². The largest absolute Gasteiger partial charge is 0.342 e. The molecule has 1 aliphatic heterocycles. The number of hydrogen-bond donors (Lipinski definition) is 2. The summed E-state index contributed by atoms with van der Waals surface area (Å²) in [6.07, 6.45) is 2.84. The molecule has 2 heterocycles. The highest BCUT2D eigenvalue weighted by Gasteiger charge is 2.36. The van der Waals surface area contributed by atoms with E-state index in [9.17, 15) is 9.11 Å². The summed E-state index contributed by atoms with van der Waals surface area (Å²) < 4.78 is 30.2. The van der Waals surface area contributed by atoms with Crippen LogP contribution < -0.4 is 0 Å². The van der Waals surface area contributed by atoms with Gasteiger partial charge in [-0.3, -0.25) is 9.11 Å². The van der Waals surface area contributed by atoms with Crippen molar-refractivity contribution in [3.63, 3.8) is 0 Å². The van der Waals surface area contributed by atoms with Gasteiger partial charge in [-0.2, -0.15) is 10.6 Å². The van der Waals surface area contributed by atoms with Gasteiger partial charge in [-0.1, -0.05) is 11.3 Å². The molecule has 0 saturated carbocycles. The van der Waals surface area contributed by atoms with Crippen LogP contribution in [0.15, 0.2) is 10.4 Å². The molecule has 1 saturated heterocycles. The lowest BCUT2D eigenvalue weighted by Crippen LogP contribution is -2.21. The van der Waals surface area contributed by atoms with Crippen LogP contribution in [0.5, 0.6) is 0 Å². The van der Waals surface area contributed by atoms with Crippen LogP contribution in [0.3, 0.4) is 0 Å². The number of aromatic nitrogens is 1. The summed E-state index contributed by atoms with van der Waals surface area (Å²) in [6.45, 7) is 2.85. The van der Waals surface area contributed by atoms with Gasteiger partial charge in [-0.15, -0.1) is 0 Å². The zero-order chi connectivity index (χ0) is 11.1. The molecule has 7 heteroatoms. The number of nitrogens with zero attached hydrogens (tertiary/aromatic N) is 1. The summed E-state index contributed by atoms with van der Waals surface area (Å²) in [5.74, 6) is -0.826. The van der Waals surface area contributed by atoms with Gasteiger partial charge in [-0.25, -0.2) is 4.98 Å². The third kappa shape index (κ3) is 2.17. The minimum atomic E-state index is -2.69. The van der Waals surface area contributed by atoms with Crippen molar-refractivity contribution in [3.05, 3.63) is 11.2 Å². The van der Waals surface area contributed by atoms with E-state index < -0.39 is 16.4 Å². The maximum atomic E-state index is 9.46. The van der Waals surface area contributed by atoms with E-state index in [1.165, 1.54) is 23.8 Å². The molecule has 1 aliphatic rings. The molecule has 0 aromatic carbocycles. The van der Waals surface area contributed by atoms with Crippen molar-refractivity contribution in [2.75, 3.05) is 19.5 Å². The second-order valence-corrected chi connectivity index (χ2v) is 6.86. The van der Waals surface area contributed by atoms with Gasteiger partial charge in [0.15, 0.2) is 5.01 Å². The van der Waals surface area contributed by atoms with Crippen LogP contribution in [0, 0.1) is 0 Å². The molecule has 0 aliphatic carbocycles. The molecule has 0 radical (unpaired) electrons. The van der Waals surface area contributed by atoms with Gasteiger partial charge in [0.25, 0.3) is 0 Å². The van der Waals surface area contributed by atoms with Gasteiger partial charge in [0.1, 0.15) is 4.21 Å². The minimum Gasteiger partial charge on any atom is -0.342 e. The van der Waals surface area contributed by atoms with Crippen molar-refractivity contribution in [2.45, 2.75) is 16.9 Å². The first-order valence-electron chi connectivity index (χ1n) is 4.39. The molecule has 0 amide bonds. The summed E-state index contributed by atoms with van der Waals surface area (Å²) in [5.41, 5.74) is 0. The standard InChI is InChI=1S/C8H13NO4S2/c1-8(12-3-4-13-8)7-9-5-6(14-7)15(2,10)11/h5,10-11H,3-4H2,1-2H3. The average molecular weight is 251 g/mol. The molecule has 0 unspecified atom stereocenters. The first-order valence-corrected chi connectivity index (χ1v) is 7.16. The topological polar surface area (TPSA) is 71.8 Å². The number of rotatable bonds is 2. The Kier molecular flexibility index (Phi) is 2.78. The summed E-state index contributed by atoms with van der Waals surface area (Å²) in [6, 6.07) is 0. The van der Waals surface area contributed by atoms with E-state index in [1.807, 2.05) is 0 Å². The van der Waals surface area contributed by atoms with Crippen LogP contribution in [0.4, 0.5) is 0 Å².